The molecule has 3 aromatic rings. The van der Waals surface area contributed by atoms with Gasteiger partial charge in [0.1, 0.15) is 5.82 Å². The Morgan fingerprint density at radius 1 is 0.923 bits per heavy atom. The second-order valence-corrected chi connectivity index (χ2v) is 10.3. The predicted molar refractivity (Wildman–Crippen MR) is 143 cm³/mol. The van der Waals surface area contributed by atoms with Crippen molar-refractivity contribution in [3.05, 3.63) is 75.9 Å². The van der Waals surface area contributed by atoms with Gasteiger partial charge in [-0.3, -0.25) is 9.69 Å². The van der Waals surface area contributed by atoms with E-state index in [0.29, 0.717) is 47.5 Å². The zero-order valence-corrected chi connectivity index (χ0v) is 22.1. The summed E-state index contributed by atoms with van der Waals surface area (Å²) in [5.74, 6) is -0.251. The molecule has 2 N–H and O–H groups in total. The van der Waals surface area contributed by atoms with E-state index in [4.69, 9.17) is 23.2 Å². The van der Waals surface area contributed by atoms with Crippen LogP contribution in [0.1, 0.15) is 16.1 Å². The summed E-state index contributed by atoms with van der Waals surface area (Å²) in [6, 6.07) is 13.7. The third kappa shape index (κ3) is 6.38. The van der Waals surface area contributed by atoms with E-state index in [1.807, 2.05) is 0 Å². The smallest absolute Gasteiger partial charge is 0.390 e. The number of nitrogens with one attached hydrogen (secondary N) is 1. The Labute approximate surface area is 233 Å². The quantitative estimate of drug-likeness (QED) is 0.458. The maximum Gasteiger partial charge on any atom is 0.433 e. The monoisotopic (exact) mass is 580 g/mol. The van der Waals surface area contributed by atoms with Crippen LogP contribution in [0.5, 0.6) is 0 Å². The first-order chi connectivity index (χ1) is 18.6. The van der Waals surface area contributed by atoms with Crippen molar-refractivity contribution in [1.29, 1.82) is 0 Å². The molecule has 0 spiro atoms. The number of anilines is 3. The number of nitrogens with zero attached hydrogens (tertiary/aromatic N) is 5. The Kier molecular flexibility index (Phi) is 7.86. The normalized spacial score (nSPS) is 20.4. The van der Waals surface area contributed by atoms with Crippen LogP contribution < -0.4 is 10.2 Å². The topological polar surface area (TPSA) is 84.8 Å². The maximum atomic E-state index is 13.7. The van der Waals surface area contributed by atoms with Crippen molar-refractivity contribution in [2.75, 3.05) is 49.5 Å². The van der Waals surface area contributed by atoms with Gasteiger partial charge in [-0.25, -0.2) is 4.98 Å². The lowest BCUT2D eigenvalue weighted by atomic mass is 10.1. The fourth-order valence-electron chi connectivity index (χ4n) is 4.79. The molecule has 2 fully saturated rings. The van der Waals surface area contributed by atoms with E-state index in [1.54, 1.807) is 58.3 Å². The van der Waals surface area contributed by atoms with Crippen molar-refractivity contribution in [1.82, 2.24) is 19.8 Å². The van der Waals surface area contributed by atoms with Gasteiger partial charge >= 0.3 is 6.18 Å². The van der Waals surface area contributed by atoms with Crippen molar-refractivity contribution in [2.24, 2.45) is 0 Å². The highest BCUT2D eigenvalue weighted by Crippen LogP contribution is 2.32. The van der Waals surface area contributed by atoms with Gasteiger partial charge in [-0.05, 0) is 48.5 Å². The first-order valence-electron chi connectivity index (χ1n) is 12.3. The fourth-order valence-corrected chi connectivity index (χ4v) is 5.04. The molecule has 1 amide bonds. The summed E-state index contributed by atoms with van der Waals surface area (Å²) in [4.78, 5) is 26.3. The number of benzene rings is 2. The SMILES string of the molecule is O=C(c1ccc(Cl)cc1)N1CCN(C2CN(c3nc(Nc4ccc(Cl)cc4)cc(C(F)(F)F)n3)CC2O)CC1. The second kappa shape index (κ2) is 11.2. The number of carbonyl (C=O) groups is 1. The zero-order chi connectivity index (χ0) is 27.7. The molecule has 0 bridgehead atoms. The van der Waals surface area contributed by atoms with E-state index in [1.165, 1.54) is 0 Å². The van der Waals surface area contributed by atoms with Crippen LogP contribution >= 0.6 is 23.2 Å². The highest BCUT2D eigenvalue weighted by atomic mass is 35.5. The molecule has 5 rings (SSSR count). The standard InChI is InChI=1S/C26H25Cl2F3N6O2/c27-17-3-1-16(2-4-17)24(39)36-11-9-35(10-12-36)20-14-37(15-21(20)38)25-33-22(26(29,30)31)13-23(34-25)32-19-7-5-18(28)6-8-19/h1-8,13,20-21,38H,9-12,14-15H2,(H,32,33,34). The summed E-state index contributed by atoms with van der Waals surface area (Å²) in [5, 5.41) is 14.7. The largest absolute Gasteiger partial charge is 0.433 e. The number of aliphatic hydroxyl groups is 1. The number of hydrogen-bond donors (Lipinski definition) is 2. The molecule has 2 unspecified atom stereocenters. The molecule has 2 atom stereocenters. The van der Waals surface area contributed by atoms with Crippen LogP contribution in [0.2, 0.25) is 10.0 Å². The molecule has 0 saturated carbocycles. The van der Waals surface area contributed by atoms with Crippen LogP contribution in [-0.2, 0) is 6.18 Å². The molecule has 2 saturated heterocycles. The number of amides is 1. The van der Waals surface area contributed by atoms with Crippen molar-refractivity contribution >= 4 is 46.6 Å². The van der Waals surface area contributed by atoms with Crippen molar-refractivity contribution in [3.8, 4) is 0 Å². The first kappa shape index (κ1) is 27.4. The van der Waals surface area contributed by atoms with Gasteiger partial charge in [-0.2, -0.15) is 18.2 Å². The number of halogens is 5. The van der Waals surface area contributed by atoms with Crippen LogP contribution in [-0.4, -0.2) is 82.2 Å². The number of piperazine rings is 1. The third-order valence-corrected chi connectivity index (χ3v) is 7.33. The average Bonchev–Trinajstić information content (AvgIpc) is 3.31. The molecular weight excluding hydrogens is 556 g/mol. The second-order valence-electron chi connectivity index (χ2n) is 9.44. The Bertz CT molecular complexity index is 1320. The van der Waals surface area contributed by atoms with E-state index in [0.717, 1.165) is 6.07 Å². The minimum atomic E-state index is -4.68. The molecule has 0 aliphatic carbocycles. The lowest BCUT2D eigenvalue weighted by molar-refractivity contribution is -0.141. The van der Waals surface area contributed by atoms with Gasteiger partial charge in [0.2, 0.25) is 5.95 Å². The molecule has 39 heavy (non-hydrogen) atoms. The molecule has 2 aliphatic rings. The highest BCUT2D eigenvalue weighted by Gasteiger charge is 2.40. The summed E-state index contributed by atoms with van der Waals surface area (Å²) in [6.45, 7) is 2.27. The first-order valence-corrected chi connectivity index (χ1v) is 13.0. The lowest BCUT2D eigenvalue weighted by Crippen LogP contribution is -2.54. The molecule has 206 valence electrons. The van der Waals surface area contributed by atoms with E-state index >= 15 is 0 Å². The van der Waals surface area contributed by atoms with E-state index in [2.05, 4.69) is 20.2 Å². The summed E-state index contributed by atoms with van der Waals surface area (Å²) >= 11 is 11.8. The molecule has 13 heteroatoms. The van der Waals surface area contributed by atoms with Gasteiger partial charge in [0.25, 0.3) is 5.91 Å². The minimum Gasteiger partial charge on any atom is -0.390 e. The number of hydrogen-bond acceptors (Lipinski definition) is 7. The van der Waals surface area contributed by atoms with E-state index in [-0.39, 0.29) is 36.8 Å². The van der Waals surface area contributed by atoms with Crippen LogP contribution in [0, 0.1) is 0 Å². The molecule has 2 aromatic carbocycles. The zero-order valence-electron chi connectivity index (χ0n) is 20.6. The average molecular weight is 581 g/mol. The number of aliphatic hydroxyl groups excluding tert-OH is 1. The van der Waals surface area contributed by atoms with Crippen molar-refractivity contribution < 1.29 is 23.1 Å². The third-order valence-electron chi connectivity index (χ3n) is 6.82. The summed E-state index contributed by atoms with van der Waals surface area (Å²) < 4.78 is 41.0. The molecule has 1 aromatic heterocycles. The Morgan fingerprint density at radius 2 is 1.54 bits per heavy atom. The number of aromatic nitrogens is 2. The maximum absolute atomic E-state index is 13.7. The number of rotatable bonds is 5. The van der Waals surface area contributed by atoms with E-state index in [9.17, 15) is 23.1 Å². The summed E-state index contributed by atoms with van der Waals surface area (Å²) in [7, 11) is 0. The Morgan fingerprint density at radius 3 is 2.15 bits per heavy atom. The lowest BCUT2D eigenvalue weighted by Gasteiger charge is -2.38. The molecular formula is C26H25Cl2F3N6O2. The van der Waals surface area contributed by atoms with Gasteiger partial charge in [-0.15, -0.1) is 0 Å². The van der Waals surface area contributed by atoms with Gasteiger partial charge in [0.05, 0.1) is 12.1 Å². The Balaban J connectivity index is 1.27. The minimum absolute atomic E-state index is 0.0260. The van der Waals surface area contributed by atoms with Gasteiger partial charge < -0.3 is 20.2 Å². The number of β-amino-alcohol motifs (C(OH)–C–C–N with tert-alkyl or cyclic N) is 1. The molecule has 2 aliphatic heterocycles. The molecule has 0 radical (unpaired) electrons. The molecule has 8 nitrogen and oxygen atoms in total. The summed E-state index contributed by atoms with van der Waals surface area (Å²) in [5.41, 5.74) is -0.0246. The number of carbonyl (C=O) groups excluding carboxylic acids is 1. The predicted octanol–water partition coefficient (Wildman–Crippen LogP) is 4.55. The van der Waals surface area contributed by atoms with Gasteiger partial charge in [-0.1, -0.05) is 23.2 Å². The van der Waals surface area contributed by atoms with Crippen molar-refractivity contribution in [2.45, 2.75) is 18.3 Å². The molecule has 3 heterocycles. The van der Waals surface area contributed by atoms with Crippen LogP contribution in [0.25, 0.3) is 0 Å². The summed E-state index contributed by atoms with van der Waals surface area (Å²) in [6.07, 6.45) is -5.51. The van der Waals surface area contributed by atoms with Crippen LogP contribution in [0.4, 0.5) is 30.6 Å². The van der Waals surface area contributed by atoms with Gasteiger partial charge in [0.15, 0.2) is 5.69 Å². The van der Waals surface area contributed by atoms with Crippen molar-refractivity contribution in [3.63, 3.8) is 0 Å². The van der Waals surface area contributed by atoms with E-state index < -0.39 is 18.0 Å². The fraction of sp³-hybridized carbons (Fsp3) is 0.346. The van der Waals surface area contributed by atoms with Gasteiger partial charge in [0, 0.05) is 66.6 Å². The Hall–Kier alpha value is -3.12. The van der Waals surface area contributed by atoms with Crippen LogP contribution in [0.15, 0.2) is 54.6 Å². The van der Waals surface area contributed by atoms with Crippen LogP contribution in [0.3, 0.4) is 0 Å². The highest BCUT2D eigenvalue weighted by molar-refractivity contribution is 6.30. The number of alkyl halides is 3.